The molecule has 1 aromatic carbocycles. The second kappa shape index (κ2) is 7.33. The Bertz CT molecular complexity index is 883. The van der Waals surface area contributed by atoms with Crippen molar-refractivity contribution in [1.82, 2.24) is 15.0 Å². The fourth-order valence-electron chi connectivity index (χ4n) is 3.01. The number of aromatic nitrogens is 3. The number of hydrogen-bond donors (Lipinski definition) is 0. The van der Waals surface area contributed by atoms with Crippen molar-refractivity contribution < 1.29 is 4.74 Å². The van der Waals surface area contributed by atoms with E-state index in [-0.39, 0.29) is 0 Å². The second-order valence-corrected chi connectivity index (χ2v) is 7.03. The first-order chi connectivity index (χ1) is 12.3. The standard InChI is InChI=1S/C20H19N3OS/c1-14-11-19(23-20(22-14)18-7-2-3-9-21-18)25-13-16-6-4-5-15-12-24-10-8-17(15)16/h2-7,9,11H,8,10,12-13H2,1H3. The van der Waals surface area contributed by atoms with Crippen LogP contribution in [-0.2, 0) is 23.5 Å². The zero-order chi connectivity index (χ0) is 17.1. The average molecular weight is 349 g/mol. The van der Waals surface area contributed by atoms with Crippen molar-refractivity contribution in [2.24, 2.45) is 0 Å². The third-order valence-corrected chi connectivity index (χ3v) is 5.18. The van der Waals surface area contributed by atoms with E-state index in [1.165, 1.54) is 16.7 Å². The third kappa shape index (κ3) is 3.72. The lowest BCUT2D eigenvalue weighted by Crippen LogP contribution is -2.11. The van der Waals surface area contributed by atoms with Crippen LogP contribution in [0.5, 0.6) is 0 Å². The van der Waals surface area contributed by atoms with Crippen LogP contribution in [0.25, 0.3) is 11.5 Å². The summed E-state index contributed by atoms with van der Waals surface area (Å²) in [5, 5.41) is 0.984. The molecule has 0 aliphatic carbocycles. The number of thioether (sulfide) groups is 1. The highest BCUT2D eigenvalue weighted by molar-refractivity contribution is 7.98. The third-order valence-electron chi connectivity index (χ3n) is 4.22. The summed E-state index contributed by atoms with van der Waals surface area (Å²) in [5.74, 6) is 1.59. The first-order valence-electron chi connectivity index (χ1n) is 8.37. The monoisotopic (exact) mass is 349 g/mol. The second-order valence-electron chi connectivity index (χ2n) is 6.03. The molecule has 0 N–H and O–H groups in total. The molecule has 3 aromatic rings. The molecule has 1 aliphatic heterocycles. The van der Waals surface area contributed by atoms with Crippen LogP contribution >= 0.6 is 11.8 Å². The number of hydrogen-bond acceptors (Lipinski definition) is 5. The highest BCUT2D eigenvalue weighted by Crippen LogP contribution is 2.28. The first-order valence-corrected chi connectivity index (χ1v) is 9.35. The molecule has 3 heterocycles. The molecule has 126 valence electrons. The van der Waals surface area contributed by atoms with Gasteiger partial charge in [-0.25, -0.2) is 9.97 Å². The van der Waals surface area contributed by atoms with Crippen LogP contribution in [0.4, 0.5) is 0 Å². The SMILES string of the molecule is Cc1cc(SCc2cccc3c2CCOC3)nc(-c2ccccn2)n1. The van der Waals surface area contributed by atoms with Crippen LogP contribution in [0.1, 0.15) is 22.4 Å². The van der Waals surface area contributed by atoms with E-state index in [4.69, 9.17) is 9.72 Å². The van der Waals surface area contributed by atoms with Crippen LogP contribution < -0.4 is 0 Å². The van der Waals surface area contributed by atoms with Gasteiger partial charge in [-0.05, 0) is 48.2 Å². The Labute approximate surface area is 151 Å². The van der Waals surface area contributed by atoms with E-state index >= 15 is 0 Å². The van der Waals surface area contributed by atoms with E-state index in [0.29, 0.717) is 5.82 Å². The van der Waals surface area contributed by atoms with E-state index in [1.807, 2.05) is 31.2 Å². The van der Waals surface area contributed by atoms with Gasteiger partial charge in [0.1, 0.15) is 10.7 Å². The van der Waals surface area contributed by atoms with Crippen molar-refractivity contribution in [3.05, 3.63) is 71.0 Å². The molecule has 0 saturated heterocycles. The zero-order valence-corrected chi connectivity index (χ0v) is 14.9. The van der Waals surface area contributed by atoms with Crippen molar-refractivity contribution in [3.63, 3.8) is 0 Å². The maximum absolute atomic E-state index is 5.56. The number of aryl methyl sites for hydroxylation is 1. The van der Waals surface area contributed by atoms with Crippen LogP contribution in [0.3, 0.4) is 0 Å². The Kier molecular flexibility index (Phi) is 4.76. The van der Waals surface area contributed by atoms with Crippen molar-refractivity contribution >= 4 is 11.8 Å². The van der Waals surface area contributed by atoms with Gasteiger partial charge in [0.15, 0.2) is 5.82 Å². The zero-order valence-electron chi connectivity index (χ0n) is 14.1. The lowest BCUT2D eigenvalue weighted by Gasteiger charge is -2.19. The molecular weight excluding hydrogens is 330 g/mol. The largest absolute Gasteiger partial charge is 0.376 e. The normalized spacial score (nSPS) is 13.5. The molecule has 0 bridgehead atoms. The molecule has 0 fully saturated rings. The highest BCUT2D eigenvalue weighted by atomic mass is 32.2. The Morgan fingerprint density at radius 1 is 1.12 bits per heavy atom. The summed E-state index contributed by atoms with van der Waals surface area (Å²) in [6, 6.07) is 14.3. The topological polar surface area (TPSA) is 47.9 Å². The first kappa shape index (κ1) is 16.2. The molecular formula is C20H19N3OS. The summed E-state index contributed by atoms with van der Waals surface area (Å²) in [5.41, 5.74) is 5.90. The Morgan fingerprint density at radius 3 is 2.96 bits per heavy atom. The van der Waals surface area contributed by atoms with Crippen molar-refractivity contribution in [2.45, 2.75) is 30.7 Å². The van der Waals surface area contributed by atoms with Gasteiger partial charge in [-0.3, -0.25) is 4.98 Å². The Balaban J connectivity index is 1.57. The molecule has 0 unspecified atom stereocenters. The van der Waals surface area contributed by atoms with Gasteiger partial charge in [0.25, 0.3) is 0 Å². The Morgan fingerprint density at radius 2 is 2.08 bits per heavy atom. The number of benzene rings is 1. The molecule has 0 amide bonds. The molecule has 2 aromatic heterocycles. The van der Waals surface area contributed by atoms with Gasteiger partial charge in [-0.2, -0.15) is 0 Å². The fourth-order valence-corrected chi connectivity index (χ4v) is 3.99. The van der Waals surface area contributed by atoms with E-state index in [2.05, 4.69) is 28.2 Å². The van der Waals surface area contributed by atoms with Gasteiger partial charge in [0, 0.05) is 17.6 Å². The number of pyridine rings is 1. The number of nitrogens with zero attached hydrogens (tertiary/aromatic N) is 3. The minimum atomic E-state index is 0.687. The van der Waals surface area contributed by atoms with Crippen molar-refractivity contribution in [1.29, 1.82) is 0 Å². The quantitative estimate of drug-likeness (QED) is 0.521. The predicted octanol–water partition coefficient (Wildman–Crippen LogP) is 4.21. The summed E-state index contributed by atoms with van der Waals surface area (Å²) >= 11 is 1.75. The molecule has 5 heteroatoms. The van der Waals surface area contributed by atoms with E-state index in [0.717, 1.165) is 41.8 Å². The van der Waals surface area contributed by atoms with Gasteiger partial charge in [-0.15, -0.1) is 11.8 Å². The molecule has 1 aliphatic rings. The van der Waals surface area contributed by atoms with E-state index < -0.39 is 0 Å². The minimum absolute atomic E-state index is 0.687. The summed E-state index contributed by atoms with van der Waals surface area (Å²) < 4.78 is 5.56. The Hall–Kier alpha value is -2.24. The highest BCUT2D eigenvalue weighted by Gasteiger charge is 2.14. The lowest BCUT2D eigenvalue weighted by atomic mass is 9.98. The predicted molar refractivity (Wildman–Crippen MR) is 99.4 cm³/mol. The summed E-state index contributed by atoms with van der Waals surface area (Å²) in [7, 11) is 0. The van der Waals surface area contributed by atoms with Gasteiger partial charge in [0.05, 0.1) is 13.2 Å². The van der Waals surface area contributed by atoms with Crippen LogP contribution in [0.2, 0.25) is 0 Å². The van der Waals surface area contributed by atoms with Crippen LogP contribution in [0.15, 0.2) is 53.7 Å². The van der Waals surface area contributed by atoms with Gasteiger partial charge >= 0.3 is 0 Å². The lowest BCUT2D eigenvalue weighted by molar-refractivity contribution is 0.110. The number of rotatable bonds is 4. The van der Waals surface area contributed by atoms with Crippen LogP contribution in [0, 0.1) is 6.92 Å². The molecule has 4 rings (SSSR count). The van der Waals surface area contributed by atoms with Crippen LogP contribution in [-0.4, -0.2) is 21.6 Å². The van der Waals surface area contributed by atoms with Gasteiger partial charge < -0.3 is 4.74 Å². The summed E-state index contributed by atoms with van der Waals surface area (Å²) in [6.07, 6.45) is 2.76. The molecule has 0 spiro atoms. The molecule has 0 saturated carbocycles. The van der Waals surface area contributed by atoms with Crippen molar-refractivity contribution in [3.8, 4) is 11.5 Å². The van der Waals surface area contributed by atoms with Crippen molar-refractivity contribution in [2.75, 3.05) is 6.61 Å². The molecule has 0 radical (unpaired) electrons. The summed E-state index contributed by atoms with van der Waals surface area (Å²) in [6.45, 7) is 3.54. The maximum Gasteiger partial charge on any atom is 0.179 e. The summed E-state index contributed by atoms with van der Waals surface area (Å²) in [4.78, 5) is 13.6. The fraction of sp³-hybridized carbons (Fsp3) is 0.250. The van der Waals surface area contributed by atoms with Gasteiger partial charge in [-0.1, -0.05) is 24.3 Å². The van der Waals surface area contributed by atoms with Gasteiger partial charge in [0.2, 0.25) is 0 Å². The van der Waals surface area contributed by atoms with E-state index in [9.17, 15) is 0 Å². The molecule has 25 heavy (non-hydrogen) atoms. The smallest absolute Gasteiger partial charge is 0.179 e. The van der Waals surface area contributed by atoms with E-state index in [1.54, 1.807) is 18.0 Å². The average Bonchev–Trinajstić information content (AvgIpc) is 2.66. The molecule has 4 nitrogen and oxygen atoms in total. The number of fused-ring (bicyclic) bond motifs is 1. The number of ether oxygens (including phenoxy) is 1. The molecule has 0 atom stereocenters. The maximum atomic E-state index is 5.56. The minimum Gasteiger partial charge on any atom is -0.376 e.